The Balaban J connectivity index is 1.30. The molecule has 0 aliphatic heterocycles. The second-order valence-corrected chi connectivity index (χ2v) is 12.5. The van der Waals surface area contributed by atoms with Gasteiger partial charge in [-0.05, 0) is 89.2 Å². The number of fused-ring (bicyclic) bond motifs is 1. The zero-order valence-corrected chi connectivity index (χ0v) is 25.4. The van der Waals surface area contributed by atoms with E-state index in [-0.39, 0.29) is 24.1 Å². The van der Waals surface area contributed by atoms with Crippen LogP contribution in [0.4, 0.5) is 8.78 Å². The number of nitrogens with zero attached hydrogens (tertiary/aromatic N) is 1. The normalized spacial score (nSPS) is 12.7. The van der Waals surface area contributed by atoms with Gasteiger partial charge in [-0.15, -0.1) is 0 Å². The molecule has 5 nitrogen and oxygen atoms in total. The van der Waals surface area contributed by atoms with Crippen LogP contribution < -0.4 is 5.32 Å². The number of carboxylic acid groups (broad SMARTS) is 1. The molecule has 1 aliphatic carbocycles. The number of carbonyl (C=O) groups excluding carboxylic acids is 1. The Morgan fingerprint density at radius 3 is 2.09 bits per heavy atom. The summed E-state index contributed by atoms with van der Waals surface area (Å²) in [6.45, 7) is 0.172. The first-order valence-corrected chi connectivity index (χ1v) is 15.7. The number of amides is 1. The molecule has 0 bridgehead atoms. The highest BCUT2D eigenvalue weighted by atomic mass is 32.2. The Morgan fingerprint density at radius 1 is 0.783 bits per heavy atom. The Labute approximate surface area is 268 Å². The molecule has 1 heterocycles. The van der Waals surface area contributed by atoms with Gasteiger partial charge in [0, 0.05) is 40.0 Å². The molecule has 1 fully saturated rings. The van der Waals surface area contributed by atoms with E-state index in [0.29, 0.717) is 16.7 Å². The smallest absolute Gasteiger partial charge is 0.335 e. The van der Waals surface area contributed by atoms with E-state index in [9.17, 15) is 23.5 Å². The number of carboxylic acids is 1. The Kier molecular flexibility index (Phi) is 7.88. The van der Waals surface area contributed by atoms with Crippen LogP contribution in [0.2, 0.25) is 0 Å². The predicted octanol–water partition coefficient (Wildman–Crippen LogP) is 9.37. The van der Waals surface area contributed by atoms with Crippen molar-refractivity contribution < 1.29 is 23.5 Å². The first kappa shape index (κ1) is 29.5. The molecule has 0 spiro atoms. The lowest BCUT2D eigenvalue weighted by Crippen LogP contribution is -2.23. The summed E-state index contributed by atoms with van der Waals surface area (Å²) in [4.78, 5) is 27.1. The minimum absolute atomic E-state index is 0.159. The number of benzene rings is 5. The third-order valence-electron chi connectivity index (χ3n) is 8.12. The number of aromatic nitrogens is 1. The Morgan fingerprint density at radius 2 is 1.43 bits per heavy atom. The molecule has 0 radical (unpaired) electrons. The average molecular weight is 631 g/mol. The van der Waals surface area contributed by atoms with Gasteiger partial charge in [0.1, 0.15) is 11.6 Å². The lowest BCUT2D eigenvalue weighted by molar-refractivity contribution is 0.0696. The first-order chi connectivity index (χ1) is 22.3. The van der Waals surface area contributed by atoms with Crippen LogP contribution in [0.1, 0.15) is 45.2 Å². The minimum Gasteiger partial charge on any atom is -0.478 e. The van der Waals surface area contributed by atoms with Crippen LogP contribution in [-0.4, -0.2) is 21.6 Å². The summed E-state index contributed by atoms with van der Waals surface area (Å²) in [5.41, 5.74) is 5.22. The van der Waals surface area contributed by atoms with Crippen LogP contribution in [-0.2, 0) is 6.54 Å². The van der Waals surface area contributed by atoms with Gasteiger partial charge in [0.2, 0.25) is 0 Å². The maximum atomic E-state index is 14.3. The van der Waals surface area contributed by atoms with Crippen molar-refractivity contribution in [1.82, 2.24) is 9.88 Å². The number of hydrogen-bond acceptors (Lipinski definition) is 3. The van der Waals surface area contributed by atoms with Crippen LogP contribution in [0.25, 0.3) is 33.2 Å². The number of hydrogen-bond donors (Lipinski definition) is 2. The van der Waals surface area contributed by atoms with Crippen molar-refractivity contribution in [3.8, 4) is 22.3 Å². The predicted molar refractivity (Wildman–Crippen MR) is 176 cm³/mol. The molecule has 1 aromatic heterocycles. The quantitative estimate of drug-likeness (QED) is 0.167. The van der Waals surface area contributed by atoms with Crippen LogP contribution in [0.5, 0.6) is 0 Å². The molecule has 5 aromatic carbocycles. The molecule has 228 valence electrons. The molecule has 7 rings (SSSR count). The lowest BCUT2D eigenvalue weighted by Gasteiger charge is -2.13. The monoisotopic (exact) mass is 630 g/mol. The summed E-state index contributed by atoms with van der Waals surface area (Å²) in [5.74, 6) is -2.76. The van der Waals surface area contributed by atoms with E-state index in [1.807, 2.05) is 24.3 Å². The third kappa shape index (κ3) is 6.17. The van der Waals surface area contributed by atoms with Crippen molar-refractivity contribution >= 4 is 34.5 Å². The molecular formula is C38H28F2N2O3S. The highest BCUT2D eigenvalue weighted by molar-refractivity contribution is 7.99. The van der Waals surface area contributed by atoms with E-state index in [0.717, 1.165) is 56.3 Å². The fraction of sp³-hybridized carbons (Fsp3) is 0.105. The zero-order valence-electron chi connectivity index (χ0n) is 24.5. The standard InChI is InChI=1S/C38H28F2N2O3S/c39-29-16-27(17-30(40)20-29)28-18-33(37(43)41-21-23-6-8-26(9-7-23)38(44)45)36-34(19-28)42(31-12-13-31)22-35(36)46-32-14-10-25(11-15-32)24-4-2-1-3-5-24/h1-11,14-20,22,31H,12-13,21H2,(H,41,43)(H,44,45). The third-order valence-corrected chi connectivity index (χ3v) is 9.16. The van der Waals surface area contributed by atoms with Crippen molar-refractivity contribution in [1.29, 1.82) is 0 Å². The van der Waals surface area contributed by atoms with Gasteiger partial charge in [0.15, 0.2) is 0 Å². The first-order valence-electron chi connectivity index (χ1n) is 14.9. The number of rotatable bonds is 9. The average Bonchev–Trinajstić information content (AvgIpc) is 3.85. The molecule has 46 heavy (non-hydrogen) atoms. The Bertz CT molecular complexity index is 2070. The molecule has 1 aliphatic rings. The lowest BCUT2D eigenvalue weighted by atomic mass is 9.99. The highest BCUT2D eigenvalue weighted by Gasteiger charge is 2.28. The van der Waals surface area contributed by atoms with E-state index in [1.54, 1.807) is 30.0 Å². The molecule has 6 aromatic rings. The van der Waals surface area contributed by atoms with Gasteiger partial charge in [-0.2, -0.15) is 0 Å². The van der Waals surface area contributed by atoms with Crippen LogP contribution in [0, 0.1) is 11.6 Å². The van der Waals surface area contributed by atoms with Gasteiger partial charge in [0.25, 0.3) is 5.91 Å². The summed E-state index contributed by atoms with van der Waals surface area (Å²) in [5, 5.41) is 13.0. The molecule has 0 atom stereocenters. The molecule has 0 saturated heterocycles. The van der Waals surface area contributed by atoms with Gasteiger partial charge < -0.3 is 15.0 Å². The summed E-state index contributed by atoms with van der Waals surface area (Å²) >= 11 is 1.57. The number of carbonyl (C=O) groups is 2. The molecule has 0 unspecified atom stereocenters. The van der Waals surface area contributed by atoms with Crippen LogP contribution >= 0.6 is 11.8 Å². The summed E-state index contributed by atoms with van der Waals surface area (Å²) in [6, 6.07) is 32.0. The molecule has 8 heteroatoms. The van der Waals surface area contributed by atoms with Gasteiger partial charge in [-0.25, -0.2) is 13.6 Å². The van der Waals surface area contributed by atoms with Crippen molar-refractivity contribution in [3.05, 3.63) is 144 Å². The topological polar surface area (TPSA) is 71.3 Å². The molecular weight excluding hydrogens is 602 g/mol. The SMILES string of the molecule is O=C(O)c1ccc(CNC(=O)c2cc(-c3cc(F)cc(F)c3)cc3c2c(Sc2ccc(-c4ccccc4)cc2)cn3C2CC2)cc1. The van der Waals surface area contributed by atoms with Gasteiger partial charge >= 0.3 is 5.97 Å². The maximum absolute atomic E-state index is 14.3. The zero-order chi connectivity index (χ0) is 31.8. The minimum atomic E-state index is -1.02. The second-order valence-electron chi connectivity index (χ2n) is 11.4. The molecule has 2 N–H and O–H groups in total. The number of nitrogens with one attached hydrogen (secondary N) is 1. The van der Waals surface area contributed by atoms with E-state index in [4.69, 9.17) is 0 Å². The van der Waals surface area contributed by atoms with E-state index in [1.165, 1.54) is 24.3 Å². The van der Waals surface area contributed by atoms with Gasteiger partial charge in [-0.3, -0.25) is 4.79 Å². The second kappa shape index (κ2) is 12.3. The Hall–Kier alpha value is -5.21. The molecule has 1 saturated carbocycles. The summed E-state index contributed by atoms with van der Waals surface area (Å²) < 4.78 is 30.8. The molecule has 1 amide bonds. The largest absolute Gasteiger partial charge is 0.478 e. The maximum Gasteiger partial charge on any atom is 0.335 e. The summed E-state index contributed by atoms with van der Waals surface area (Å²) in [7, 11) is 0. The van der Waals surface area contributed by atoms with Crippen molar-refractivity contribution in [2.45, 2.75) is 35.2 Å². The fourth-order valence-corrected chi connectivity index (χ4v) is 6.67. The van der Waals surface area contributed by atoms with E-state index in [2.05, 4.69) is 52.5 Å². The van der Waals surface area contributed by atoms with Crippen LogP contribution in [0.15, 0.2) is 125 Å². The highest BCUT2D eigenvalue weighted by Crippen LogP contribution is 2.45. The van der Waals surface area contributed by atoms with Gasteiger partial charge in [-0.1, -0.05) is 66.4 Å². The summed E-state index contributed by atoms with van der Waals surface area (Å²) in [6.07, 6.45) is 4.09. The van der Waals surface area contributed by atoms with Crippen molar-refractivity contribution in [3.63, 3.8) is 0 Å². The van der Waals surface area contributed by atoms with Crippen molar-refractivity contribution in [2.75, 3.05) is 0 Å². The van der Waals surface area contributed by atoms with E-state index < -0.39 is 17.6 Å². The van der Waals surface area contributed by atoms with Crippen molar-refractivity contribution in [2.24, 2.45) is 0 Å². The number of aromatic carboxylic acids is 1. The fourth-order valence-electron chi connectivity index (χ4n) is 5.66. The van der Waals surface area contributed by atoms with Gasteiger partial charge in [0.05, 0.1) is 16.6 Å². The number of halogens is 2. The van der Waals surface area contributed by atoms with E-state index >= 15 is 0 Å². The van der Waals surface area contributed by atoms with Crippen LogP contribution in [0.3, 0.4) is 0 Å².